The first kappa shape index (κ1) is 9.22. The van der Waals surface area contributed by atoms with Crippen LogP contribution in [0.15, 0.2) is 17.1 Å². The third-order valence-electron chi connectivity index (χ3n) is 1.40. The smallest absolute Gasteiger partial charge is 0.233 e. The lowest BCUT2D eigenvalue weighted by atomic mass is 10.4. The van der Waals surface area contributed by atoms with Gasteiger partial charge >= 0.3 is 0 Å². The number of carbonyl (C=O) groups excluding carboxylic acids is 1. The van der Waals surface area contributed by atoms with Gasteiger partial charge in [-0.2, -0.15) is 0 Å². The van der Waals surface area contributed by atoms with Crippen LogP contribution < -0.4 is 5.32 Å². The fourth-order valence-electron chi connectivity index (χ4n) is 0.869. The normalized spacial score (nSPS) is 10.0. The van der Waals surface area contributed by atoms with Crippen molar-refractivity contribution in [2.45, 2.75) is 6.42 Å². The molecule has 0 aromatic carbocycles. The summed E-state index contributed by atoms with van der Waals surface area (Å²) in [5.41, 5.74) is 1.57. The van der Waals surface area contributed by atoms with E-state index in [0.717, 1.165) is 5.01 Å². The molecule has 0 aliphatic carbocycles. The lowest BCUT2D eigenvalue weighted by Crippen LogP contribution is -2.13. The van der Waals surface area contributed by atoms with Gasteiger partial charge in [-0.05, 0) is 0 Å². The molecule has 0 unspecified atom stereocenters. The van der Waals surface area contributed by atoms with Crippen molar-refractivity contribution in [2.75, 3.05) is 5.32 Å². The molecule has 7 heteroatoms. The second-order valence-corrected chi connectivity index (χ2v) is 4.21. The second kappa shape index (κ2) is 4.25. The molecule has 2 aromatic rings. The van der Waals surface area contributed by atoms with Crippen LogP contribution in [0, 0.1) is 0 Å². The fraction of sp³-hybridized carbons (Fsp3) is 0.143. The molecule has 2 heterocycles. The SMILES string of the molecule is O=C(Cc1nccs1)Nc1nncs1. The van der Waals surface area contributed by atoms with Crippen LogP contribution in [0.2, 0.25) is 0 Å². The van der Waals surface area contributed by atoms with Gasteiger partial charge in [-0.25, -0.2) is 4.98 Å². The Labute approximate surface area is 87.8 Å². The van der Waals surface area contributed by atoms with E-state index in [1.54, 1.807) is 11.7 Å². The quantitative estimate of drug-likeness (QED) is 0.853. The van der Waals surface area contributed by atoms with Crippen molar-refractivity contribution in [1.29, 1.82) is 0 Å². The second-order valence-electron chi connectivity index (χ2n) is 2.39. The number of anilines is 1. The number of carbonyl (C=O) groups is 1. The van der Waals surface area contributed by atoms with Gasteiger partial charge in [-0.15, -0.1) is 21.5 Å². The molecular formula is C7H6N4OS2. The maximum Gasteiger partial charge on any atom is 0.233 e. The highest BCUT2D eigenvalue weighted by Gasteiger charge is 2.07. The molecule has 1 amide bonds. The average molecular weight is 226 g/mol. The maximum absolute atomic E-state index is 11.4. The molecule has 0 fully saturated rings. The Morgan fingerprint density at radius 1 is 1.50 bits per heavy atom. The summed E-state index contributed by atoms with van der Waals surface area (Å²) in [5, 5.41) is 13.1. The Hall–Kier alpha value is -1.34. The molecule has 5 nitrogen and oxygen atoms in total. The van der Waals surface area contributed by atoms with Crippen LogP contribution in [0.1, 0.15) is 5.01 Å². The highest BCUT2D eigenvalue weighted by molar-refractivity contribution is 7.13. The predicted molar refractivity (Wildman–Crippen MR) is 54.4 cm³/mol. The van der Waals surface area contributed by atoms with Gasteiger partial charge < -0.3 is 5.32 Å². The number of nitrogens with zero attached hydrogens (tertiary/aromatic N) is 3. The molecule has 0 spiro atoms. The third-order valence-corrected chi connectivity index (χ3v) is 2.79. The molecule has 0 aliphatic rings. The molecule has 14 heavy (non-hydrogen) atoms. The Morgan fingerprint density at radius 3 is 3.07 bits per heavy atom. The van der Waals surface area contributed by atoms with Crippen molar-refractivity contribution in [3.05, 3.63) is 22.1 Å². The van der Waals surface area contributed by atoms with Crippen molar-refractivity contribution in [2.24, 2.45) is 0 Å². The van der Waals surface area contributed by atoms with E-state index in [2.05, 4.69) is 20.5 Å². The molecule has 0 saturated heterocycles. The lowest BCUT2D eigenvalue weighted by Gasteiger charge is -1.96. The van der Waals surface area contributed by atoms with E-state index < -0.39 is 0 Å². The van der Waals surface area contributed by atoms with Gasteiger partial charge in [0.05, 0.1) is 6.42 Å². The zero-order valence-corrected chi connectivity index (χ0v) is 8.64. The van der Waals surface area contributed by atoms with Crippen molar-refractivity contribution >= 4 is 33.7 Å². The van der Waals surface area contributed by atoms with E-state index in [-0.39, 0.29) is 12.3 Å². The topological polar surface area (TPSA) is 67.8 Å². The van der Waals surface area contributed by atoms with Gasteiger partial charge in [0.2, 0.25) is 11.0 Å². The maximum atomic E-state index is 11.4. The van der Waals surface area contributed by atoms with Crippen LogP contribution in [0.4, 0.5) is 5.13 Å². The minimum Gasteiger partial charge on any atom is -0.300 e. The van der Waals surface area contributed by atoms with Gasteiger partial charge in [-0.1, -0.05) is 11.3 Å². The highest BCUT2D eigenvalue weighted by atomic mass is 32.1. The van der Waals surface area contributed by atoms with E-state index in [0.29, 0.717) is 5.13 Å². The number of thiazole rings is 1. The van der Waals surface area contributed by atoms with Crippen molar-refractivity contribution < 1.29 is 4.79 Å². The van der Waals surface area contributed by atoms with Crippen LogP contribution in [0.3, 0.4) is 0 Å². The van der Waals surface area contributed by atoms with E-state index in [1.165, 1.54) is 22.7 Å². The zero-order valence-electron chi connectivity index (χ0n) is 7.01. The van der Waals surface area contributed by atoms with Gasteiger partial charge in [0.15, 0.2) is 0 Å². The van der Waals surface area contributed by atoms with Crippen molar-refractivity contribution in [3.8, 4) is 0 Å². The Balaban J connectivity index is 1.91. The van der Waals surface area contributed by atoms with Crippen molar-refractivity contribution in [1.82, 2.24) is 15.2 Å². The number of rotatable bonds is 3. The molecule has 2 aromatic heterocycles. The third kappa shape index (κ3) is 2.33. The summed E-state index contributed by atoms with van der Waals surface area (Å²) in [7, 11) is 0. The van der Waals surface area contributed by atoms with E-state index in [9.17, 15) is 4.79 Å². The van der Waals surface area contributed by atoms with E-state index in [1.807, 2.05) is 5.38 Å². The highest BCUT2D eigenvalue weighted by Crippen LogP contribution is 2.10. The monoisotopic (exact) mass is 226 g/mol. The van der Waals surface area contributed by atoms with Crippen LogP contribution in [-0.4, -0.2) is 21.1 Å². The van der Waals surface area contributed by atoms with Gasteiger partial charge in [-0.3, -0.25) is 4.79 Å². The number of nitrogens with one attached hydrogen (secondary N) is 1. The Morgan fingerprint density at radius 2 is 2.43 bits per heavy atom. The largest absolute Gasteiger partial charge is 0.300 e. The summed E-state index contributed by atoms with van der Waals surface area (Å²) in [4.78, 5) is 15.4. The van der Waals surface area contributed by atoms with Crippen LogP contribution in [0.5, 0.6) is 0 Å². The van der Waals surface area contributed by atoms with E-state index in [4.69, 9.17) is 0 Å². The van der Waals surface area contributed by atoms with Crippen molar-refractivity contribution in [3.63, 3.8) is 0 Å². The molecule has 0 bridgehead atoms. The zero-order chi connectivity index (χ0) is 9.80. The Kier molecular flexibility index (Phi) is 2.80. The summed E-state index contributed by atoms with van der Waals surface area (Å²) in [5.74, 6) is -0.114. The Bertz CT molecular complexity index is 359. The molecule has 0 radical (unpaired) electrons. The molecular weight excluding hydrogens is 220 g/mol. The summed E-state index contributed by atoms with van der Waals surface area (Å²) >= 11 is 2.75. The summed E-state index contributed by atoms with van der Waals surface area (Å²) in [6, 6.07) is 0. The standard InChI is InChI=1S/C7H6N4OS2/c12-5(3-6-8-1-2-13-6)10-7-11-9-4-14-7/h1-2,4H,3H2,(H,10,11,12). The van der Waals surface area contributed by atoms with Crippen LogP contribution >= 0.6 is 22.7 Å². The number of hydrogen-bond acceptors (Lipinski definition) is 6. The first-order chi connectivity index (χ1) is 6.84. The molecule has 2 rings (SSSR count). The minimum atomic E-state index is -0.114. The molecule has 0 aliphatic heterocycles. The summed E-state index contributed by atoms with van der Waals surface area (Å²) in [6.07, 6.45) is 1.97. The fourth-order valence-corrected chi connectivity index (χ4v) is 1.94. The first-order valence-electron chi connectivity index (χ1n) is 3.79. The number of hydrogen-bond donors (Lipinski definition) is 1. The summed E-state index contributed by atoms with van der Waals surface area (Å²) in [6.45, 7) is 0. The summed E-state index contributed by atoms with van der Waals surface area (Å²) < 4.78 is 0. The van der Waals surface area contributed by atoms with Gasteiger partial charge in [0.1, 0.15) is 10.5 Å². The molecule has 72 valence electrons. The average Bonchev–Trinajstić information content (AvgIpc) is 2.76. The minimum absolute atomic E-state index is 0.114. The van der Waals surface area contributed by atoms with Crippen LogP contribution in [0.25, 0.3) is 0 Å². The van der Waals surface area contributed by atoms with Gasteiger partial charge in [0, 0.05) is 11.6 Å². The van der Waals surface area contributed by atoms with E-state index >= 15 is 0 Å². The molecule has 0 saturated carbocycles. The predicted octanol–water partition coefficient (Wildman–Crippen LogP) is 1.18. The molecule has 1 N–H and O–H groups in total. The van der Waals surface area contributed by atoms with Crippen LogP contribution in [-0.2, 0) is 11.2 Å². The lowest BCUT2D eigenvalue weighted by molar-refractivity contribution is -0.115. The number of aromatic nitrogens is 3. The number of amides is 1. The first-order valence-corrected chi connectivity index (χ1v) is 5.55. The molecule has 0 atom stereocenters. The van der Waals surface area contributed by atoms with Gasteiger partial charge in [0.25, 0.3) is 0 Å².